The van der Waals surface area contributed by atoms with Crippen LogP contribution in [0.2, 0.25) is 0 Å². The van der Waals surface area contributed by atoms with Gasteiger partial charge < -0.3 is 14.5 Å². The van der Waals surface area contributed by atoms with E-state index in [0.29, 0.717) is 11.7 Å². The third-order valence-corrected chi connectivity index (χ3v) is 5.35. The Hall–Kier alpha value is -2.15. The van der Waals surface area contributed by atoms with Gasteiger partial charge in [-0.05, 0) is 30.0 Å². The number of carbonyl (C=O) groups excluding carboxylic acids is 1. The van der Waals surface area contributed by atoms with E-state index in [-0.39, 0.29) is 18.7 Å². The fourth-order valence-electron chi connectivity index (χ4n) is 3.11. The van der Waals surface area contributed by atoms with Gasteiger partial charge in [0.2, 0.25) is 0 Å². The van der Waals surface area contributed by atoms with Crippen LogP contribution in [0, 0.1) is 0 Å². The van der Waals surface area contributed by atoms with Crippen molar-refractivity contribution in [2.24, 2.45) is 0 Å². The molecule has 1 amide bonds. The highest BCUT2D eigenvalue weighted by atomic mass is 79.9. The lowest BCUT2D eigenvalue weighted by Gasteiger charge is -2.34. The van der Waals surface area contributed by atoms with Gasteiger partial charge in [0, 0.05) is 29.4 Å². The molecule has 1 saturated carbocycles. The fraction of sp³-hybridized carbons (Fsp3) is 0.353. The lowest BCUT2D eigenvalue weighted by Crippen LogP contribution is -2.48. The molecule has 24 heavy (non-hydrogen) atoms. The highest BCUT2D eigenvalue weighted by Crippen LogP contribution is 2.40. The maximum Gasteiger partial charge on any atom is 0.326 e. The Labute approximate surface area is 146 Å². The maximum atomic E-state index is 12.8. The average Bonchev–Trinajstić information content (AvgIpc) is 3.30. The Morgan fingerprint density at radius 3 is 2.83 bits per heavy atom. The van der Waals surface area contributed by atoms with Gasteiger partial charge in [-0.2, -0.15) is 0 Å². The predicted octanol–water partition coefficient (Wildman–Crippen LogP) is 2.97. The highest BCUT2D eigenvalue weighted by molar-refractivity contribution is 9.10. The van der Waals surface area contributed by atoms with E-state index in [9.17, 15) is 14.7 Å². The van der Waals surface area contributed by atoms with Crippen LogP contribution in [0.1, 0.15) is 46.1 Å². The molecule has 2 heterocycles. The van der Waals surface area contributed by atoms with Crippen molar-refractivity contribution in [2.75, 3.05) is 0 Å². The molecule has 0 bridgehead atoms. The summed E-state index contributed by atoms with van der Waals surface area (Å²) in [6, 6.07) is 6.42. The lowest BCUT2D eigenvalue weighted by atomic mass is 9.93. The molecule has 1 unspecified atom stereocenters. The number of hydrogen-bond acceptors (Lipinski definition) is 4. The summed E-state index contributed by atoms with van der Waals surface area (Å²) in [5, 5.41) is 13.4. The molecular formula is C17H15BrN2O4. The SMILES string of the molecule is O=C(O)C1Cc2c(Br)cccc2CN1C(=O)c1cc(C2CC2)on1. The molecule has 0 radical (unpaired) electrons. The van der Waals surface area contributed by atoms with E-state index in [1.165, 1.54) is 4.90 Å². The van der Waals surface area contributed by atoms with Crippen molar-refractivity contribution >= 4 is 27.8 Å². The van der Waals surface area contributed by atoms with Gasteiger partial charge in [0.15, 0.2) is 5.69 Å². The van der Waals surface area contributed by atoms with Crippen molar-refractivity contribution < 1.29 is 19.2 Å². The summed E-state index contributed by atoms with van der Waals surface area (Å²) in [7, 11) is 0. The first-order chi connectivity index (χ1) is 11.5. The second kappa shape index (κ2) is 5.73. The zero-order chi connectivity index (χ0) is 16.8. The first kappa shape index (κ1) is 15.4. The van der Waals surface area contributed by atoms with Gasteiger partial charge in [-0.15, -0.1) is 0 Å². The summed E-state index contributed by atoms with van der Waals surface area (Å²) in [6.07, 6.45) is 2.36. The van der Waals surface area contributed by atoms with Crippen molar-refractivity contribution in [3.63, 3.8) is 0 Å². The second-order valence-corrected chi connectivity index (χ2v) is 7.11. The van der Waals surface area contributed by atoms with Crippen molar-refractivity contribution in [1.82, 2.24) is 10.1 Å². The number of aliphatic carboxylic acids is 1. The molecule has 0 saturated heterocycles. The van der Waals surface area contributed by atoms with Gasteiger partial charge >= 0.3 is 5.97 Å². The molecule has 1 N–H and O–H groups in total. The van der Waals surface area contributed by atoms with E-state index in [0.717, 1.165) is 28.4 Å². The van der Waals surface area contributed by atoms with Crippen LogP contribution in [0.4, 0.5) is 0 Å². The van der Waals surface area contributed by atoms with E-state index in [1.807, 2.05) is 18.2 Å². The van der Waals surface area contributed by atoms with E-state index in [2.05, 4.69) is 21.1 Å². The van der Waals surface area contributed by atoms with Crippen LogP contribution in [0.5, 0.6) is 0 Å². The minimum Gasteiger partial charge on any atom is -0.480 e. The molecule has 2 aromatic rings. The number of carbonyl (C=O) groups is 2. The van der Waals surface area contributed by atoms with Crippen LogP contribution >= 0.6 is 15.9 Å². The number of aromatic nitrogens is 1. The number of fused-ring (bicyclic) bond motifs is 1. The molecule has 1 fully saturated rings. The quantitative estimate of drug-likeness (QED) is 0.870. The van der Waals surface area contributed by atoms with Crippen LogP contribution in [-0.4, -0.2) is 33.1 Å². The number of carboxylic acid groups (broad SMARTS) is 1. The predicted molar refractivity (Wildman–Crippen MR) is 87.6 cm³/mol. The Bertz CT molecular complexity index is 828. The summed E-state index contributed by atoms with van der Waals surface area (Å²) in [6.45, 7) is 0.246. The van der Waals surface area contributed by atoms with Gasteiger partial charge in [-0.1, -0.05) is 33.2 Å². The lowest BCUT2D eigenvalue weighted by molar-refractivity contribution is -0.142. The molecular weight excluding hydrogens is 376 g/mol. The third-order valence-electron chi connectivity index (χ3n) is 4.60. The van der Waals surface area contributed by atoms with Gasteiger partial charge in [-0.25, -0.2) is 4.79 Å². The largest absolute Gasteiger partial charge is 0.480 e. The van der Waals surface area contributed by atoms with E-state index >= 15 is 0 Å². The van der Waals surface area contributed by atoms with Crippen LogP contribution < -0.4 is 0 Å². The molecule has 4 rings (SSSR count). The van der Waals surface area contributed by atoms with E-state index in [4.69, 9.17) is 4.52 Å². The maximum absolute atomic E-state index is 12.8. The average molecular weight is 391 g/mol. The number of halogens is 1. The van der Waals surface area contributed by atoms with Crippen LogP contribution in [0.25, 0.3) is 0 Å². The van der Waals surface area contributed by atoms with Gasteiger partial charge in [0.1, 0.15) is 11.8 Å². The standard InChI is InChI=1S/C17H15BrN2O4/c18-12-3-1-2-10-8-20(14(17(22)23)6-11(10)12)16(21)13-7-15(24-19-13)9-4-5-9/h1-3,7,9,14H,4-6,8H2,(H,22,23). The fourth-order valence-corrected chi connectivity index (χ4v) is 3.68. The summed E-state index contributed by atoms with van der Waals surface area (Å²) >= 11 is 3.46. The summed E-state index contributed by atoms with van der Waals surface area (Å²) < 4.78 is 6.10. The van der Waals surface area contributed by atoms with Crippen molar-refractivity contribution in [3.05, 3.63) is 51.3 Å². The topological polar surface area (TPSA) is 83.6 Å². The number of hydrogen-bond donors (Lipinski definition) is 1. The van der Waals surface area contributed by atoms with Gasteiger partial charge in [-0.3, -0.25) is 4.79 Å². The molecule has 1 atom stereocenters. The number of rotatable bonds is 3. The molecule has 1 aliphatic carbocycles. The van der Waals surface area contributed by atoms with Crippen molar-refractivity contribution in [2.45, 2.75) is 37.8 Å². The van der Waals surface area contributed by atoms with Crippen molar-refractivity contribution in [3.8, 4) is 0 Å². The molecule has 2 aliphatic rings. The highest BCUT2D eigenvalue weighted by Gasteiger charge is 2.37. The molecule has 7 heteroatoms. The summed E-state index contributed by atoms with van der Waals surface area (Å²) in [5.74, 6) is -0.350. The smallest absolute Gasteiger partial charge is 0.326 e. The zero-order valence-electron chi connectivity index (χ0n) is 12.7. The second-order valence-electron chi connectivity index (χ2n) is 6.26. The number of carboxylic acids is 1. The first-order valence-electron chi connectivity index (χ1n) is 7.81. The molecule has 1 aromatic carbocycles. The third kappa shape index (κ3) is 2.62. The minimum absolute atomic E-state index is 0.182. The van der Waals surface area contributed by atoms with E-state index in [1.54, 1.807) is 6.07 Å². The Kier molecular flexibility index (Phi) is 3.68. The van der Waals surface area contributed by atoms with E-state index < -0.39 is 17.9 Å². The normalized spacial score (nSPS) is 19.9. The van der Waals surface area contributed by atoms with Crippen molar-refractivity contribution in [1.29, 1.82) is 0 Å². The van der Waals surface area contributed by atoms with Gasteiger partial charge in [0.25, 0.3) is 5.91 Å². The monoisotopic (exact) mass is 390 g/mol. The molecule has 6 nitrogen and oxygen atoms in total. The minimum atomic E-state index is -1.02. The number of nitrogens with zero attached hydrogens (tertiary/aromatic N) is 2. The number of amides is 1. The zero-order valence-corrected chi connectivity index (χ0v) is 14.3. The molecule has 124 valence electrons. The Balaban J connectivity index is 1.66. The molecule has 0 spiro atoms. The first-order valence-corrected chi connectivity index (χ1v) is 8.60. The van der Waals surface area contributed by atoms with Gasteiger partial charge in [0.05, 0.1) is 0 Å². The molecule has 1 aliphatic heterocycles. The van der Waals surface area contributed by atoms with Crippen LogP contribution in [0.3, 0.4) is 0 Å². The number of benzene rings is 1. The van der Waals surface area contributed by atoms with Crippen LogP contribution in [0.15, 0.2) is 33.3 Å². The summed E-state index contributed by atoms with van der Waals surface area (Å²) in [5.41, 5.74) is 2.07. The Morgan fingerprint density at radius 1 is 1.33 bits per heavy atom. The summed E-state index contributed by atoms with van der Waals surface area (Å²) in [4.78, 5) is 25.9. The molecule has 1 aromatic heterocycles. The Morgan fingerprint density at radius 2 is 2.12 bits per heavy atom. The van der Waals surface area contributed by atoms with Crippen LogP contribution in [-0.2, 0) is 17.8 Å².